The first-order chi connectivity index (χ1) is 14.1. The Bertz CT molecular complexity index is 723. The highest BCUT2D eigenvalue weighted by Crippen LogP contribution is 2.20. The summed E-state index contributed by atoms with van der Waals surface area (Å²) in [6.45, 7) is 14.8. The summed E-state index contributed by atoms with van der Waals surface area (Å²) in [6, 6.07) is 5.90. The number of anilines is 1. The van der Waals surface area contributed by atoms with Crippen LogP contribution in [0.3, 0.4) is 0 Å². The summed E-state index contributed by atoms with van der Waals surface area (Å²) >= 11 is 0. The fourth-order valence-electron chi connectivity index (χ4n) is 3.76. The molecule has 0 bridgehead atoms. The van der Waals surface area contributed by atoms with Crippen LogP contribution in [0, 0.1) is 5.92 Å². The van der Waals surface area contributed by atoms with Gasteiger partial charge in [-0.3, -0.25) is 0 Å². The van der Waals surface area contributed by atoms with Crippen LogP contribution < -0.4 is 15.4 Å². The average molecular weight is 403 g/mol. The van der Waals surface area contributed by atoms with Crippen LogP contribution in [0.15, 0.2) is 18.2 Å². The second-order valence-electron chi connectivity index (χ2n) is 8.38. The summed E-state index contributed by atoms with van der Waals surface area (Å²) in [6.07, 6.45) is 2.37. The van der Waals surface area contributed by atoms with Crippen molar-refractivity contribution >= 4 is 17.0 Å². The molecule has 0 atom stereocenters. The van der Waals surface area contributed by atoms with Gasteiger partial charge in [-0.05, 0) is 57.1 Å². The normalized spacial score (nSPS) is 16.0. The van der Waals surface area contributed by atoms with Gasteiger partial charge >= 0.3 is 0 Å². The van der Waals surface area contributed by atoms with Gasteiger partial charge in [0.05, 0.1) is 18.1 Å². The summed E-state index contributed by atoms with van der Waals surface area (Å²) in [5.41, 5.74) is 1.96. The van der Waals surface area contributed by atoms with E-state index in [1.165, 1.54) is 39.1 Å². The highest BCUT2D eigenvalue weighted by Gasteiger charge is 2.15. The predicted molar refractivity (Wildman–Crippen MR) is 121 cm³/mol. The standard InChI is InChI=1S/C22H38N6O/c1-18(2)17-23-8-4-10-27-12-14-28(15-13-27)11-5-9-24-22-25-20-7-6-19(29-3)16-21(20)26-22/h6-7,16,18,23H,4-5,8-15,17H2,1-3H3,(H2,24,25,26). The maximum Gasteiger partial charge on any atom is 0.201 e. The van der Waals surface area contributed by atoms with Crippen molar-refractivity contribution < 1.29 is 4.74 Å². The van der Waals surface area contributed by atoms with Crippen LogP contribution in [0.25, 0.3) is 11.0 Å². The van der Waals surface area contributed by atoms with Crippen LogP contribution in [0.1, 0.15) is 26.7 Å². The smallest absolute Gasteiger partial charge is 0.201 e. The number of fused-ring (bicyclic) bond motifs is 1. The van der Waals surface area contributed by atoms with Crippen LogP contribution in [-0.4, -0.2) is 85.8 Å². The van der Waals surface area contributed by atoms with Crippen LogP contribution >= 0.6 is 0 Å². The summed E-state index contributed by atoms with van der Waals surface area (Å²) in [5.74, 6) is 2.42. The second-order valence-corrected chi connectivity index (χ2v) is 8.38. The molecule has 1 aromatic carbocycles. The molecule has 2 heterocycles. The van der Waals surface area contributed by atoms with Crippen molar-refractivity contribution in [2.24, 2.45) is 5.92 Å². The fraction of sp³-hybridized carbons (Fsp3) is 0.682. The molecule has 0 amide bonds. The molecular weight excluding hydrogens is 364 g/mol. The zero-order valence-corrected chi connectivity index (χ0v) is 18.3. The van der Waals surface area contributed by atoms with Crippen molar-refractivity contribution in [2.75, 3.05) is 71.3 Å². The number of hydrogen-bond acceptors (Lipinski definition) is 6. The predicted octanol–water partition coefficient (Wildman–Crippen LogP) is 2.63. The van der Waals surface area contributed by atoms with Gasteiger partial charge in [0.2, 0.25) is 5.95 Å². The topological polar surface area (TPSA) is 68.5 Å². The van der Waals surface area contributed by atoms with Crippen LogP contribution in [0.5, 0.6) is 5.75 Å². The van der Waals surface area contributed by atoms with E-state index in [0.29, 0.717) is 0 Å². The van der Waals surface area contributed by atoms with E-state index in [1.54, 1.807) is 7.11 Å². The van der Waals surface area contributed by atoms with Crippen LogP contribution in [-0.2, 0) is 0 Å². The van der Waals surface area contributed by atoms with Gasteiger partial charge in [0.25, 0.3) is 0 Å². The lowest BCUT2D eigenvalue weighted by atomic mass is 10.2. The minimum absolute atomic E-state index is 0.739. The zero-order valence-electron chi connectivity index (χ0n) is 18.3. The summed E-state index contributed by atoms with van der Waals surface area (Å²) < 4.78 is 5.27. The Morgan fingerprint density at radius 1 is 1.07 bits per heavy atom. The molecule has 1 fully saturated rings. The highest BCUT2D eigenvalue weighted by molar-refractivity contribution is 5.79. The van der Waals surface area contributed by atoms with Crippen molar-refractivity contribution in [1.82, 2.24) is 25.1 Å². The highest BCUT2D eigenvalue weighted by atomic mass is 16.5. The van der Waals surface area contributed by atoms with E-state index in [9.17, 15) is 0 Å². The Kier molecular flexibility index (Phi) is 8.58. The lowest BCUT2D eigenvalue weighted by Crippen LogP contribution is -2.47. The monoisotopic (exact) mass is 402 g/mol. The van der Waals surface area contributed by atoms with Crippen molar-refractivity contribution in [2.45, 2.75) is 26.7 Å². The van der Waals surface area contributed by atoms with Crippen molar-refractivity contribution in [3.63, 3.8) is 0 Å². The van der Waals surface area contributed by atoms with E-state index < -0.39 is 0 Å². The number of methoxy groups -OCH3 is 1. The van der Waals surface area contributed by atoms with E-state index >= 15 is 0 Å². The van der Waals surface area contributed by atoms with Crippen molar-refractivity contribution in [3.05, 3.63) is 18.2 Å². The van der Waals surface area contributed by atoms with Crippen molar-refractivity contribution in [1.29, 1.82) is 0 Å². The molecule has 0 spiro atoms. The number of aromatic nitrogens is 2. The third-order valence-corrected chi connectivity index (χ3v) is 5.48. The first-order valence-electron chi connectivity index (χ1n) is 11.1. The number of benzene rings is 1. The molecule has 2 aromatic rings. The zero-order chi connectivity index (χ0) is 20.5. The van der Waals surface area contributed by atoms with E-state index in [2.05, 4.69) is 44.2 Å². The Labute approximate surface area is 175 Å². The number of nitrogens with zero attached hydrogens (tertiary/aromatic N) is 3. The minimum Gasteiger partial charge on any atom is -0.497 e. The number of H-pyrrole nitrogens is 1. The van der Waals surface area contributed by atoms with Gasteiger partial charge in [0.1, 0.15) is 5.75 Å². The number of ether oxygens (including phenoxy) is 1. The molecule has 1 saturated heterocycles. The quantitative estimate of drug-likeness (QED) is 0.474. The third-order valence-electron chi connectivity index (χ3n) is 5.48. The van der Waals surface area contributed by atoms with Crippen LogP contribution in [0.2, 0.25) is 0 Å². The number of aromatic amines is 1. The molecule has 29 heavy (non-hydrogen) atoms. The Balaban J connectivity index is 1.26. The first-order valence-corrected chi connectivity index (χ1v) is 11.1. The average Bonchev–Trinajstić information content (AvgIpc) is 3.13. The maximum absolute atomic E-state index is 5.27. The molecule has 0 saturated carbocycles. The molecule has 7 heteroatoms. The number of nitrogens with one attached hydrogen (secondary N) is 3. The lowest BCUT2D eigenvalue weighted by molar-refractivity contribution is 0.131. The minimum atomic E-state index is 0.739. The van der Waals surface area contributed by atoms with Crippen molar-refractivity contribution in [3.8, 4) is 5.75 Å². The SMILES string of the molecule is COc1ccc2nc(NCCCN3CCN(CCCNCC(C)C)CC3)[nH]c2c1. The summed E-state index contributed by atoms with van der Waals surface area (Å²) in [4.78, 5) is 13.1. The molecule has 0 unspecified atom stereocenters. The molecule has 0 aliphatic carbocycles. The Hall–Kier alpha value is -1.83. The van der Waals surface area contributed by atoms with E-state index in [0.717, 1.165) is 61.2 Å². The number of imidazole rings is 1. The van der Waals surface area contributed by atoms with Gasteiger partial charge in [0.15, 0.2) is 0 Å². The van der Waals surface area contributed by atoms with E-state index in [4.69, 9.17) is 4.74 Å². The summed E-state index contributed by atoms with van der Waals surface area (Å²) in [7, 11) is 1.68. The van der Waals surface area contributed by atoms with Gasteiger partial charge in [-0.1, -0.05) is 13.8 Å². The second kappa shape index (κ2) is 11.4. The molecule has 1 aromatic heterocycles. The summed E-state index contributed by atoms with van der Waals surface area (Å²) in [5, 5.41) is 6.95. The van der Waals surface area contributed by atoms with E-state index in [-0.39, 0.29) is 0 Å². The molecule has 0 radical (unpaired) electrons. The first kappa shape index (κ1) is 21.9. The van der Waals surface area contributed by atoms with Gasteiger partial charge in [0, 0.05) is 38.8 Å². The molecule has 162 valence electrons. The number of rotatable bonds is 12. The lowest BCUT2D eigenvalue weighted by Gasteiger charge is -2.34. The molecule has 1 aliphatic rings. The molecule has 3 rings (SSSR count). The molecular formula is C22H38N6O. The Morgan fingerprint density at radius 3 is 2.41 bits per heavy atom. The molecule has 1 aliphatic heterocycles. The maximum atomic E-state index is 5.27. The Morgan fingerprint density at radius 2 is 1.76 bits per heavy atom. The van der Waals surface area contributed by atoms with E-state index in [1.807, 2.05) is 18.2 Å². The fourth-order valence-corrected chi connectivity index (χ4v) is 3.76. The largest absolute Gasteiger partial charge is 0.497 e. The molecule has 3 N–H and O–H groups in total. The van der Waals surface area contributed by atoms with Gasteiger partial charge in [-0.25, -0.2) is 4.98 Å². The van der Waals surface area contributed by atoms with Gasteiger partial charge < -0.3 is 30.2 Å². The number of hydrogen-bond donors (Lipinski definition) is 3. The van der Waals surface area contributed by atoms with Crippen LogP contribution in [0.4, 0.5) is 5.95 Å². The number of piperazine rings is 1. The third kappa shape index (κ3) is 7.17. The molecule has 7 nitrogen and oxygen atoms in total. The van der Waals surface area contributed by atoms with Gasteiger partial charge in [-0.2, -0.15) is 0 Å². The van der Waals surface area contributed by atoms with Gasteiger partial charge in [-0.15, -0.1) is 0 Å².